The summed E-state index contributed by atoms with van der Waals surface area (Å²) in [5, 5.41) is 0. The van der Waals surface area contributed by atoms with Crippen LogP contribution < -0.4 is 15.5 Å². The molecule has 0 aliphatic carbocycles. The summed E-state index contributed by atoms with van der Waals surface area (Å²) < 4.78 is 0. The third kappa shape index (κ3) is 3.16. The van der Waals surface area contributed by atoms with Crippen molar-refractivity contribution < 1.29 is 4.79 Å². The first-order chi connectivity index (χ1) is 10.7. The fraction of sp³-hybridized carbons (Fsp3) is 0.312. The number of carbonyl (C=O) groups is 1. The molecule has 6 heteroatoms. The lowest BCUT2D eigenvalue weighted by Crippen LogP contribution is -2.31. The Hall–Kier alpha value is -2.63. The van der Waals surface area contributed by atoms with Gasteiger partial charge >= 0.3 is 0 Å². The second-order valence-electron chi connectivity index (χ2n) is 5.29. The van der Waals surface area contributed by atoms with Crippen LogP contribution in [-0.2, 0) is 0 Å². The minimum atomic E-state index is -0.546. The number of nitrogens with zero attached hydrogens (tertiary/aromatic N) is 4. The van der Waals surface area contributed by atoms with Gasteiger partial charge in [-0.15, -0.1) is 0 Å². The van der Waals surface area contributed by atoms with Crippen LogP contribution in [0.3, 0.4) is 0 Å². The molecule has 2 heterocycles. The first-order valence-corrected chi connectivity index (χ1v) is 7.41. The smallest absolute Gasteiger partial charge is 0.268 e. The van der Waals surface area contributed by atoms with Crippen molar-refractivity contribution in [1.29, 1.82) is 0 Å². The van der Waals surface area contributed by atoms with E-state index < -0.39 is 5.91 Å². The lowest BCUT2D eigenvalue weighted by atomic mass is 10.3. The number of carbonyl (C=O) groups excluding carboxylic acids is 1. The summed E-state index contributed by atoms with van der Waals surface area (Å²) in [5.74, 6) is 0.168. The van der Waals surface area contributed by atoms with Crippen molar-refractivity contribution in [2.45, 2.75) is 6.42 Å². The van der Waals surface area contributed by atoms with Gasteiger partial charge in [0.25, 0.3) is 5.91 Å². The predicted octanol–water partition coefficient (Wildman–Crippen LogP) is 1.29. The summed E-state index contributed by atoms with van der Waals surface area (Å²) >= 11 is 0. The predicted molar refractivity (Wildman–Crippen MR) is 86.0 cm³/mol. The van der Waals surface area contributed by atoms with E-state index in [4.69, 9.17) is 5.73 Å². The van der Waals surface area contributed by atoms with E-state index in [0.29, 0.717) is 5.82 Å². The minimum Gasteiger partial charge on any atom is -0.370 e. The zero-order valence-corrected chi connectivity index (χ0v) is 12.4. The molecule has 1 fully saturated rings. The molecule has 1 aromatic carbocycles. The molecule has 114 valence electrons. The number of hydrogen-bond acceptors (Lipinski definition) is 5. The van der Waals surface area contributed by atoms with E-state index in [1.165, 1.54) is 11.9 Å². The van der Waals surface area contributed by atoms with Crippen molar-refractivity contribution >= 4 is 17.4 Å². The Kier molecular flexibility index (Phi) is 4.18. The molecule has 6 nitrogen and oxygen atoms in total. The first-order valence-electron chi connectivity index (χ1n) is 7.41. The lowest BCUT2D eigenvalue weighted by molar-refractivity contribution is 0.0995. The van der Waals surface area contributed by atoms with E-state index in [1.807, 2.05) is 6.07 Å². The molecule has 1 aliphatic heterocycles. The molecular formula is C16H19N5O. The average Bonchev–Trinajstić information content (AvgIpc) is 2.82. The Morgan fingerprint density at radius 3 is 2.50 bits per heavy atom. The quantitative estimate of drug-likeness (QED) is 0.924. The van der Waals surface area contributed by atoms with Gasteiger partial charge in [0, 0.05) is 31.9 Å². The maximum atomic E-state index is 11.2. The van der Waals surface area contributed by atoms with Gasteiger partial charge in [-0.25, -0.2) is 4.98 Å². The number of benzene rings is 1. The van der Waals surface area contributed by atoms with E-state index in [9.17, 15) is 4.79 Å². The van der Waals surface area contributed by atoms with Gasteiger partial charge in [0.15, 0.2) is 0 Å². The Bertz CT molecular complexity index is 646. The molecule has 1 aromatic heterocycles. The number of para-hydroxylation sites is 1. The van der Waals surface area contributed by atoms with Crippen LogP contribution in [0.1, 0.15) is 16.9 Å². The van der Waals surface area contributed by atoms with Crippen LogP contribution in [0, 0.1) is 0 Å². The van der Waals surface area contributed by atoms with E-state index in [2.05, 4.69) is 44.0 Å². The average molecular weight is 297 g/mol. The summed E-state index contributed by atoms with van der Waals surface area (Å²) in [5.41, 5.74) is 6.72. The van der Waals surface area contributed by atoms with Crippen molar-refractivity contribution in [3.8, 4) is 0 Å². The monoisotopic (exact) mass is 297 g/mol. The zero-order valence-electron chi connectivity index (χ0n) is 12.4. The second-order valence-corrected chi connectivity index (χ2v) is 5.29. The van der Waals surface area contributed by atoms with Crippen LogP contribution in [0.4, 0.5) is 11.5 Å². The lowest BCUT2D eigenvalue weighted by Gasteiger charge is -2.24. The number of aromatic nitrogens is 2. The van der Waals surface area contributed by atoms with Crippen LogP contribution in [0.25, 0.3) is 0 Å². The van der Waals surface area contributed by atoms with Gasteiger partial charge in [0.05, 0.1) is 12.4 Å². The van der Waals surface area contributed by atoms with Crippen LogP contribution >= 0.6 is 0 Å². The molecule has 0 bridgehead atoms. The molecule has 1 saturated heterocycles. The Morgan fingerprint density at radius 1 is 1.00 bits per heavy atom. The van der Waals surface area contributed by atoms with Crippen molar-refractivity contribution in [2.24, 2.45) is 5.73 Å². The van der Waals surface area contributed by atoms with Gasteiger partial charge in [-0.1, -0.05) is 18.2 Å². The highest BCUT2D eigenvalue weighted by atomic mass is 16.1. The van der Waals surface area contributed by atoms with Gasteiger partial charge < -0.3 is 15.5 Å². The number of anilines is 2. The molecule has 2 N–H and O–H groups in total. The standard InChI is InChI=1S/C16H19N5O/c17-16(22)14-11-18-12-15(19-14)21-8-4-7-20(9-10-21)13-5-2-1-3-6-13/h1-3,5-6,11-12H,4,7-10H2,(H2,17,22). The number of primary amides is 1. The maximum Gasteiger partial charge on any atom is 0.268 e. The molecule has 1 amide bonds. The van der Waals surface area contributed by atoms with Gasteiger partial charge in [-0.05, 0) is 18.6 Å². The number of rotatable bonds is 3. The van der Waals surface area contributed by atoms with Gasteiger partial charge in [-0.3, -0.25) is 9.78 Å². The summed E-state index contributed by atoms with van der Waals surface area (Å²) in [7, 11) is 0. The highest BCUT2D eigenvalue weighted by Gasteiger charge is 2.17. The minimum absolute atomic E-state index is 0.210. The SMILES string of the molecule is NC(=O)c1cncc(N2CCCN(c3ccccc3)CC2)n1. The van der Waals surface area contributed by atoms with E-state index in [-0.39, 0.29) is 5.69 Å². The van der Waals surface area contributed by atoms with Gasteiger partial charge in [-0.2, -0.15) is 0 Å². The number of amides is 1. The highest BCUT2D eigenvalue weighted by Crippen LogP contribution is 2.18. The molecule has 1 aliphatic rings. The first kappa shape index (κ1) is 14.3. The normalized spacial score (nSPS) is 15.5. The summed E-state index contributed by atoms with van der Waals surface area (Å²) in [6.07, 6.45) is 4.11. The second kappa shape index (κ2) is 6.43. The van der Waals surface area contributed by atoms with Crippen molar-refractivity contribution in [2.75, 3.05) is 36.0 Å². The van der Waals surface area contributed by atoms with Crippen molar-refractivity contribution in [1.82, 2.24) is 9.97 Å². The van der Waals surface area contributed by atoms with Crippen molar-refractivity contribution in [3.05, 3.63) is 48.4 Å². The Balaban J connectivity index is 1.73. The van der Waals surface area contributed by atoms with E-state index in [1.54, 1.807) is 6.20 Å². The molecule has 3 rings (SSSR count). The third-order valence-corrected chi connectivity index (χ3v) is 3.82. The maximum absolute atomic E-state index is 11.2. The summed E-state index contributed by atoms with van der Waals surface area (Å²) in [6.45, 7) is 3.64. The van der Waals surface area contributed by atoms with Gasteiger partial charge in [0.1, 0.15) is 11.5 Å². The molecule has 0 spiro atoms. The van der Waals surface area contributed by atoms with Crippen LogP contribution in [0.5, 0.6) is 0 Å². The Morgan fingerprint density at radius 2 is 1.73 bits per heavy atom. The van der Waals surface area contributed by atoms with Crippen molar-refractivity contribution in [3.63, 3.8) is 0 Å². The number of hydrogen-bond donors (Lipinski definition) is 1. The Labute approximate surface area is 129 Å². The van der Waals surface area contributed by atoms with Crippen LogP contribution in [0.2, 0.25) is 0 Å². The van der Waals surface area contributed by atoms with Crippen LogP contribution in [0.15, 0.2) is 42.7 Å². The fourth-order valence-electron chi connectivity index (χ4n) is 2.67. The number of nitrogens with two attached hydrogens (primary N) is 1. The molecule has 0 atom stereocenters. The largest absolute Gasteiger partial charge is 0.370 e. The summed E-state index contributed by atoms with van der Waals surface area (Å²) in [6, 6.07) is 10.4. The molecule has 0 radical (unpaired) electrons. The fourth-order valence-corrected chi connectivity index (χ4v) is 2.67. The summed E-state index contributed by atoms with van der Waals surface area (Å²) in [4.78, 5) is 24.1. The van der Waals surface area contributed by atoms with Crippen LogP contribution in [-0.4, -0.2) is 42.1 Å². The third-order valence-electron chi connectivity index (χ3n) is 3.82. The molecule has 0 unspecified atom stereocenters. The molecule has 22 heavy (non-hydrogen) atoms. The molecule has 2 aromatic rings. The highest BCUT2D eigenvalue weighted by molar-refractivity contribution is 5.90. The van der Waals surface area contributed by atoms with E-state index >= 15 is 0 Å². The molecule has 0 saturated carbocycles. The zero-order chi connectivity index (χ0) is 15.4. The topological polar surface area (TPSA) is 75.4 Å². The molecular weight excluding hydrogens is 278 g/mol. The van der Waals surface area contributed by atoms with Gasteiger partial charge in [0.2, 0.25) is 0 Å². The van der Waals surface area contributed by atoms with E-state index in [0.717, 1.165) is 32.6 Å².